The molecule has 3 nitrogen and oxygen atoms in total. The minimum absolute atomic E-state index is 0.349. The Kier molecular flexibility index (Phi) is 3.30. The summed E-state index contributed by atoms with van der Waals surface area (Å²) in [4.78, 5) is 17.0. The Hall–Kier alpha value is -1.34. The van der Waals surface area contributed by atoms with E-state index in [9.17, 15) is 4.79 Å². The smallest absolute Gasteiger partial charge is 0.301 e. The zero-order valence-electron chi connectivity index (χ0n) is 6.04. The van der Waals surface area contributed by atoms with Crippen LogP contribution in [0, 0.1) is 10.8 Å². The Morgan fingerprint density at radius 3 is 2.75 bits per heavy atom. The molecule has 1 aromatic rings. The highest BCUT2D eigenvalue weighted by Crippen LogP contribution is 2.01. The van der Waals surface area contributed by atoms with Crippen molar-refractivity contribution in [2.45, 2.75) is 0 Å². The molecular weight excluding hydrogens is 220 g/mol. The Labute approximate surface area is 78.3 Å². The molecule has 0 saturated heterocycles. The number of anilines is 1. The lowest BCUT2D eigenvalue weighted by atomic mass is 10.4. The molecule has 0 aromatic carbocycles. The van der Waals surface area contributed by atoms with Gasteiger partial charge in [-0.05, 0) is 17.0 Å². The topological polar surface area (TPSA) is 42.0 Å². The van der Waals surface area contributed by atoms with Gasteiger partial charge in [-0.2, -0.15) is 0 Å². The summed E-state index contributed by atoms with van der Waals surface area (Å²) in [5.74, 6) is 1.94. The van der Waals surface area contributed by atoms with Crippen LogP contribution in [0.4, 0.5) is 5.69 Å². The van der Waals surface area contributed by atoms with E-state index < -0.39 is 0 Å². The molecule has 60 valence electrons. The van der Waals surface area contributed by atoms with Crippen molar-refractivity contribution >= 4 is 27.5 Å². The average Bonchev–Trinajstić information content (AvgIpc) is 2.06. The normalized spacial score (nSPS) is 8.08. The van der Waals surface area contributed by atoms with E-state index in [4.69, 9.17) is 0 Å². The first-order chi connectivity index (χ1) is 5.83. The summed E-state index contributed by atoms with van der Waals surface area (Å²) in [6.45, 7) is 0. The first kappa shape index (κ1) is 8.75. The number of halogens is 1. The fourth-order valence-electron chi connectivity index (χ4n) is 0.641. The molecule has 0 aliphatic rings. The maximum absolute atomic E-state index is 10.9. The third-order valence-electron chi connectivity index (χ3n) is 1.10. The van der Waals surface area contributed by atoms with Gasteiger partial charge in [-0.15, -0.1) is 0 Å². The van der Waals surface area contributed by atoms with Crippen LogP contribution < -0.4 is 5.32 Å². The number of rotatable bonds is 1. The Morgan fingerprint density at radius 2 is 2.17 bits per heavy atom. The summed E-state index contributed by atoms with van der Waals surface area (Å²) in [6.07, 6.45) is 3.19. The number of hydrogen-bond acceptors (Lipinski definition) is 2. The van der Waals surface area contributed by atoms with Gasteiger partial charge in [0.15, 0.2) is 0 Å². The molecule has 0 spiro atoms. The summed E-state index contributed by atoms with van der Waals surface area (Å²) in [5, 5.41) is 2.56. The van der Waals surface area contributed by atoms with Gasteiger partial charge in [-0.3, -0.25) is 9.78 Å². The van der Waals surface area contributed by atoms with Crippen LogP contribution in [0.5, 0.6) is 0 Å². The summed E-state index contributed by atoms with van der Waals surface area (Å²) < 4.78 is 0. The zero-order chi connectivity index (χ0) is 8.81. The van der Waals surface area contributed by atoms with E-state index in [1.54, 1.807) is 24.5 Å². The Bertz CT molecular complexity index is 326. The quantitative estimate of drug-likeness (QED) is 0.733. The van der Waals surface area contributed by atoms with Gasteiger partial charge < -0.3 is 5.32 Å². The third kappa shape index (κ3) is 2.72. The maximum Gasteiger partial charge on any atom is 0.301 e. The van der Waals surface area contributed by atoms with Crippen molar-refractivity contribution in [3.63, 3.8) is 0 Å². The number of carbonyl (C=O) groups is 1. The second-order valence-corrected chi connectivity index (χ2v) is 2.31. The molecule has 0 saturated carbocycles. The highest BCUT2D eigenvalue weighted by Gasteiger charge is 1.94. The van der Waals surface area contributed by atoms with Gasteiger partial charge in [0.2, 0.25) is 0 Å². The molecule has 1 aromatic heterocycles. The summed E-state index contributed by atoms with van der Waals surface area (Å²) in [7, 11) is 0. The molecule has 0 fully saturated rings. The van der Waals surface area contributed by atoms with Crippen molar-refractivity contribution in [1.82, 2.24) is 4.98 Å². The summed E-state index contributed by atoms with van der Waals surface area (Å²) in [5.41, 5.74) is 0.685. The molecule has 0 aliphatic heterocycles. The summed E-state index contributed by atoms with van der Waals surface area (Å²) >= 11 is 2.83. The van der Waals surface area contributed by atoms with Gasteiger partial charge in [0.25, 0.3) is 0 Å². The average molecular weight is 225 g/mol. The van der Waals surface area contributed by atoms with Crippen molar-refractivity contribution in [2.75, 3.05) is 5.32 Å². The second kappa shape index (κ2) is 4.52. The van der Waals surface area contributed by atoms with Crippen molar-refractivity contribution in [1.29, 1.82) is 0 Å². The molecule has 0 aliphatic carbocycles. The molecule has 1 N–H and O–H groups in total. The Balaban J connectivity index is 2.63. The highest BCUT2D eigenvalue weighted by atomic mass is 79.9. The van der Waals surface area contributed by atoms with E-state index in [-0.39, 0.29) is 5.91 Å². The highest BCUT2D eigenvalue weighted by molar-refractivity contribution is 9.12. The Morgan fingerprint density at radius 1 is 1.50 bits per heavy atom. The molecule has 0 radical (unpaired) electrons. The second-order valence-electron chi connectivity index (χ2n) is 1.91. The van der Waals surface area contributed by atoms with Gasteiger partial charge in [0.1, 0.15) is 0 Å². The van der Waals surface area contributed by atoms with Crippen LogP contribution in [0.3, 0.4) is 0 Å². The number of pyridine rings is 1. The molecule has 0 atom stereocenters. The molecule has 4 heteroatoms. The molecular formula is C8H5BrN2O. The number of hydrogen-bond donors (Lipinski definition) is 1. The molecule has 1 heterocycles. The zero-order valence-corrected chi connectivity index (χ0v) is 7.63. The molecule has 0 bridgehead atoms. The first-order valence-corrected chi connectivity index (χ1v) is 3.95. The lowest BCUT2D eigenvalue weighted by Gasteiger charge is -1.97. The monoisotopic (exact) mass is 224 g/mol. The van der Waals surface area contributed by atoms with Crippen LogP contribution in [0.2, 0.25) is 0 Å². The van der Waals surface area contributed by atoms with Crippen molar-refractivity contribution in [2.24, 2.45) is 0 Å². The third-order valence-corrected chi connectivity index (χ3v) is 1.30. The van der Waals surface area contributed by atoms with Gasteiger partial charge in [-0.25, -0.2) is 0 Å². The van der Waals surface area contributed by atoms with Crippen LogP contribution in [0.25, 0.3) is 0 Å². The van der Waals surface area contributed by atoms with Gasteiger partial charge in [0, 0.05) is 39.9 Å². The molecule has 1 rings (SSSR count). The minimum atomic E-state index is -0.349. The van der Waals surface area contributed by atoms with Crippen molar-refractivity contribution in [3.8, 4) is 10.8 Å². The number of aromatic nitrogens is 1. The van der Waals surface area contributed by atoms with Gasteiger partial charge >= 0.3 is 5.91 Å². The van der Waals surface area contributed by atoms with Crippen LogP contribution >= 0.6 is 15.9 Å². The van der Waals surface area contributed by atoms with Gasteiger partial charge in [0.05, 0.1) is 0 Å². The van der Waals surface area contributed by atoms with E-state index in [1.807, 2.05) is 0 Å². The van der Waals surface area contributed by atoms with Crippen LogP contribution in [-0.4, -0.2) is 10.9 Å². The molecule has 12 heavy (non-hydrogen) atoms. The number of nitrogens with one attached hydrogen (secondary N) is 1. The largest absolute Gasteiger partial charge is 0.315 e. The van der Waals surface area contributed by atoms with E-state index in [0.717, 1.165) is 0 Å². The molecule has 0 unspecified atom stereocenters. The van der Waals surface area contributed by atoms with E-state index >= 15 is 0 Å². The number of amides is 1. The van der Waals surface area contributed by atoms with Crippen molar-refractivity contribution < 1.29 is 4.79 Å². The molecule has 1 amide bonds. The predicted octanol–water partition coefficient (Wildman–Crippen LogP) is 1.38. The maximum atomic E-state index is 10.9. The SMILES string of the molecule is O=C(C#CBr)Nc1ccncc1. The fraction of sp³-hybridized carbons (Fsp3) is 0. The van der Waals surface area contributed by atoms with Crippen molar-refractivity contribution in [3.05, 3.63) is 24.5 Å². The van der Waals surface area contributed by atoms with Crippen LogP contribution in [0.15, 0.2) is 24.5 Å². The summed E-state index contributed by atoms with van der Waals surface area (Å²) in [6, 6.07) is 3.38. The fourth-order valence-corrected chi connectivity index (χ4v) is 0.821. The van der Waals surface area contributed by atoms with E-state index in [0.29, 0.717) is 5.69 Å². The number of nitrogens with zero attached hydrogens (tertiary/aromatic N) is 1. The van der Waals surface area contributed by atoms with Crippen LogP contribution in [0.1, 0.15) is 0 Å². The predicted molar refractivity (Wildman–Crippen MR) is 49.6 cm³/mol. The van der Waals surface area contributed by atoms with E-state index in [1.165, 1.54) is 0 Å². The van der Waals surface area contributed by atoms with Crippen LogP contribution in [-0.2, 0) is 4.79 Å². The minimum Gasteiger partial charge on any atom is -0.315 e. The van der Waals surface area contributed by atoms with Gasteiger partial charge in [-0.1, -0.05) is 0 Å². The van der Waals surface area contributed by atoms with E-state index in [2.05, 4.69) is 37.0 Å². The number of carbonyl (C=O) groups excluding carboxylic acids is 1. The standard InChI is InChI=1S/C8H5BrN2O/c9-4-1-8(12)11-7-2-5-10-6-3-7/h2-3,5-6H,(H,10,11,12). The lowest BCUT2D eigenvalue weighted by molar-refractivity contribution is -0.111. The lowest BCUT2D eigenvalue weighted by Crippen LogP contribution is -2.07. The first-order valence-electron chi connectivity index (χ1n) is 3.15.